The van der Waals surface area contributed by atoms with E-state index in [1.807, 2.05) is 0 Å². The molecule has 1 N–H and O–H groups in total. The Morgan fingerprint density at radius 3 is 2.84 bits per heavy atom. The maximum atomic E-state index is 11.0. The summed E-state index contributed by atoms with van der Waals surface area (Å²) in [6.07, 6.45) is 8.92. The molecule has 5 heteroatoms. The van der Waals surface area contributed by atoms with Crippen molar-refractivity contribution in [3.05, 3.63) is 29.7 Å². The molecule has 0 amide bonds. The molecule has 100 valence electrons. The van der Waals surface area contributed by atoms with Crippen molar-refractivity contribution in [1.82, 2.24) is 14.6 Å². The fourth-order valence-corrected chi connectivity index (χ4v) is 2.87. The molecule has 2 aromatic rings. The summed E-state index contributed by atoms with van der Waals surface area (Å²) < 4.78 is 1.80. The molecule has 0 unspecified atom stereocenters. The highest BCUT2D eigenvalue weighted by atomic mass is 16.4. The van der Waals surface area contributed by atoms with Crippen LogP contribution in [0, 0.1) is 5.92 Å². The third kappa shape index (κ3) is 2.45. The molecule has 1 aliphatic carbocycles. The normalized spacial score (nSPS) is 16.2. The zero-order chi connectivity index (χ0) is 13.2. The number of aryl methyl sites for hydroxylation is 1. The first kappa shape index (κ1) is 12.1. The molecular weight excluding hydrogens is 242 g/mol. The van der Waals surface area contributed by atoms with Gasteiger partial charge in [0.1, 0.15) is 5.82 Å². The molecule has 0 saturated heterocycles. The highest BCUT2D eigenvalue weighted by Crippen LogP contribution is 2.28. The highest BCUT2D eigenvalue weighted by Gasteiger charge is 2.16. The fraction of sp³-hybridized carbons (Fsp3) is 0.500. The van der Waals surface area contributed by atoms with E-state index in [2.05, 4.69) is 10.2 Å². The van der Waals surface area contributed by atoms with Gasteiger partial charge in [-0.2, -0.15) is 0 Å². The molecule has 1 saturated carbocycles. The van der Waals surface area contributed by atoms with Crippen molar-refractivity contribution in [2.75, 3.05) is 0 Å². The average Bonchev–Trinajstić information content (AvgIpc) is 3.05. The maximum Gasteiger partial charge on any atom is 0.337 e. The summed E-state index contributed by atoms with van der Waals surface area (Å²) in [7, 11) is 0. The second-order valence-electron chi connectivity index (χ2n) is 5.26. The van der Waals surface area contributed by atoms with E-state index in [9.17, 15) is 4.79 Å². The Hall–Kier alpha value is -1.91. The van der Waals surface area contributed by atoms with Crippen LogP contribution in [0.4, 0.5) is 0 Å². The number of carboxylic acids is 1. The van der Waals surface area contributed by atoms with Gasteiger partial charge >= 0.3 is 5.97 Å². The van der Waals surface area contributed by atoms with Crippen LogP contribution in [0.5, 0.6) is 0 Å². The number of fused-ring (bicyclic) bond motifs is 1. The van der Waals surface area contributed by atoms with Gasteiger partial charge in [-0.1, -0.05) is 25.7 Å². The number of hydrogen-bond acceptors (Lipinski definition) is 3. The second kappa shape index (κ2) is 4.99. The first-order chi connectivity index (χ1) is 9.24. The van der Waals surface area contributed by atoms with Crippen LogP contribution in [0.15, 0.2) is 18.3 Å². The lowest BCUT2D eigenvalue weighted by molar-refractivity contribution is 0.0696. The molecule has 0 aliphatic heterocycles. The van der Waals surface area contributed by atoms with Crippen molar-refractivity contribution in [2.24, 2.45) is 5.92 Å². The lowest BCUT2D eigenvalue weighted by atomic mass is 10.0. The van der Waals surface area contributed by atoms with Crippen molar-refractivity contribution >= 4 is 11.6 Å². The van der Waals surface area contributed by atoms with Crippen LogP contribution >= 0.6 is 0 Å². The molecule has 0 bridgehead atoms. The smallest absolute Gasteiger partial charge is 0.337 e. The minimum atomic E-state index is -0.919. The second-order valence-corrected chi connectivity index (χ2v) is 5.26. The largest absolute Gasteiger partial charge is 0.478 e. The van der Waals surface area contributed by atoms with E-state index in [4.69, 9.17) is 5.11 Å². The van der Waals surface area contributed by atoms with Crippen LogP contribution in [0.2, 0.25) is 0 Å². The molecule has 0 radical (unpaired) electrons. The third-order valence-corrected chi connectivity index (χ3v) is 3.97. The Morgan fingerprint density at radius 1 is 1.32 bits per heavy atom. The highest BCUT2D eigenvalue weighted by molar-refractivity contribution is 5.87. The van der Waals surface area contributed by atoms with Crippen LogP contribution < -0.4 is 0 Å². The average molecular weight is 259 g/mol. The Morgan fingerprint density at radius 2 is 2.11 bits per heavy atom. The first-order valence-corrected chi connectivity index (χ1v) is 6.81. The van der Waals surface area contributed by atoms with Crippen molar-refractivity contribution in [3.63, 3.8) is 0 Å². The van der Waals surface area contributed by atoms with Crippen molar-refractivity contribution < 1.29 is 9.90 Å². The molecule has 2 heterocycles. The molecule has 0 aromatic carbocycles. The van der Waals surface area contributed by atoms with Gasteiger partial charge in [-0.25, -0.2) is 4.79 Å². The van der Waals surface area contributed by atoms with Crippen molar-refractivity contribution in [1.29, 1.82) is 0 Å². The number of nitrogens with zero attached hydrogens (tertiary/aromatic N) is 3. The van der Waals surface area contributed by atoms with Gasteiger partial charge in [0, 0.05) is 12.6 Å². The summed E-state index contributed by atoms with van der Waals surface area (Å²) in [5, 5.41) is 17.3. The topological polar surface area (TPSA) is 67.5 Å². The summed E-state index contributed by atoms with van der Waals surface area (Å²) in [6, 6.07) is 3.27. The standard InChI is InChI=1S/C14H17N3O2/c18-14(19)11-6-8-13-16-15-12(17(13)9-11)7-5-10-3-1-2-4-10/h6,8-10H,1-5,7H2,(H,18,19). The number of carboxylic acid groups (broad SMARTS) is 1. The maximum absolute atomic E-state index is 11.0. The summed E-state index contributed by atoms with van der Waals surface area (Å²) in [6.45, 7) is 0. The Kier molecular flexibility index (Phi) is 3.19. The zero-order valence-corrected chi connectivity index (χ0v) is 10.7. The van der Waals surface area contributed by atoms with Gasteiger partial charge in [0.2, 0.25) is 0 Å². The van der Waals surface area contributed by atoms with Crippen LogP contribution in [0.3, 0.4) is 0 Å². The number of carbonyl (C=O) groups is 1. The molecule has 5 nitrogen and oxygen atoms in total. The van der Waals surface area contributed by atoms with Crippen LogP contribution in [0.25, 0.3) is 5.65 Å². The van der Waals surface area contributed by atoms with E-state index in [-0.39, 0.29) is 5.56 Å². The molecular formula is C14H17N3O2. The molecule has 1 aliphatic rings. The summed E-state index contributed by atoms with van der Waals surface area (Å²) in [5.41, 5.74) is 0.987. The lowest BCUT2D eigenvalue weighted by Gasteiger charge is -2.07. The van der Waals surface area contributed by atoms with E-state index in [1.165, 1.54) is 25.7 Å². The number of rotatable bonds is 4. The molecule has 1 fully saturated rings. The van der Waals surface area contributed by atoms with Crippen LogP contribution in [-0.2, 0) is 6.42 Å². The Balaban J connectivity index is 1.81. The molecule has 19 heavy (non-hydrogen) atoms. The van der Waals surface area contributed by atoms with E-state index in [0.717, 1.165) is 24.6 Å². The van der Waals surface area contributed by atoms with Crippen molar-refractivity contribution in [2.45, 2.75) is 38.5 Å². The zero-order valence-electron chi connectivity index (χ0n) is 10.7. The van der Waals surface area contributed by atoms with Gasteiger partial charge in [-0.05, 0) is 24.5 Å². The Bertz CT molecular complexity index is 600. The predicted molar refractivity (Wildman–Crippen MR) is 70.2 cm³/mol. The molecule has 0 atom stereocenters. The van der Waals surface area contributed by atoms with Crippen LogP contribution in [0.1, 0.15) is 48.3 Å². The minimum Gasteiger partial charge on any atom is -0.478 e. The van der Waals surface area contributed by atoms with E-state index < -0.39 is 5.97 Å². The number of aromatic nitrogens is 3. The SMILES string of the molecule is O=C(O)c1ccc2nnc(CCC3CCCC3)n2c1. The summed E-state index contributed by atoms with van der Waals surface area (Å²) in [5.74, 6) is 0.748. The number of pyridine rings is 1. The minimum absolute atomic E-state index is 0.273. The van der Waals surface area contributed by atoms with Crippen LogP contribution in [-0.4, -0.2) is 25.7 Å². The van der Waals surface area contributed by atoms with Gasteiger partial charge in [-0.15, -0.1) is 10.2 Å². The fourth-order valence-electron chi connectivity index (χ4n) is 2.87. The lowest BCUT2D eigenvalue weighted by Crippen LogP contribution is -2.03. The Labute approximate surface area is 111 Å². The van der Waals surface area contributed by atoms with Gasteiger partial charge in [0.05, 0.1) is 5.56 Å². The van der Waals surface area contributed by atoms with Gasteiger partial charge in [0.15, 0.2) is 5.65 Å². The summed E-state index contributed by atoms with van der Waals surface area (Å²) >= 11 is 0. The number of hydrogen-bond donors (Lipinski definition) is 1. The van der Waals surface area contributed by atoms with E-state index in [0.29, 0.717) is 5.65 Å². The third-order valence-electron chi connectivity index (χ3n) is 3.97. The van der Waals surface area contributed by atoms with Gasteiger partial charge in [-0.3, -0.25) is 4.40 Å². The molecule has 3 rings (SSSR count). The monoisotopic (exact) mass is 259 g/mol. The van der Waals surface area contributed by atoms with Crippen molar-refractivity contribution in [3.8, 4) is 0 Å². The quantitative estimate of drug-likeness (QED) is 0.916. The van der Waals surface area contributed by atoms with Gasteiger partial charge < -0.3 is 5.11 Å². The number of aromatic carboxylic acids is 1. The molecule has 2 aromatic heterocycles. The van der Waals surface area contributed by atoms with E-state index in [1.54, 1.807) is 22.7 Å². The summed E-state index contributed by atoms with van der Waals surface area (Å²) in [4.78, 5) is 11.0. The van der Waals surface area contributed by atoms with E-state index >= 15 is 0 Å². The predicted octanol–water partition coefficient (Wildman–Crippen LogP) is 2.55. The van der Waals surface area contributed by atoms with Gasteiger partial charge in [0.25, 0.3) is 0 Å². The first-order valence-electron chi connectivity index (χ1n) is 6.81. The molecule has 0 spiro atoms.